The number of amides is 1. The normalized spacial score (nSPS) is 13.8. The molecular formula is C21H25N5O4S. The smallest absolute Gasteiger partial charge is 0.261 e. The minimum atomic E-state index is -0.178. The Hall–Kier alpha value is -2.98. The lowest BCUT2D eigenvalue weighted by Crippen LogP contribution is -2.25. The van der Waals surface area contributed by atoms with E-state index in [1.165, 1.54) is 41.3 Å². The number of hydrogen-bond donors (Lipinski definition) is 1. The Kier molecular flexibility index (Phi) is 6.19. The van der Waals surface area contributed by atoms with Crippen LogP contribution in [0.2, 0.25) is 0 Å². The molecule has 0 spiro atoms. The third-order valence-corrected chi connectivity index (χ3v) is 6.30. The zero-order valence-corrected chi connectivity index (χ0v) is 18.6. The van der Waals surface area contributed by atoms with Crippen molar-refractivity contribution in [2.75, 3.05) is 33.1 Å². The molecule has 0 unspecified atom stereocenters. The van der Waals surface area contributed by atoms with Crippen LogP contribution in [-0.2, 0) is 24.3 Å². The molecule has 2 aromatic heterocycles. The van der Waals surface area contributed by atoms with E-state index in [0.717, 1.165) is 25.2 Å². The summed E-state index contributed by atoms with van der Waals surface area (Å²) in [6.07, 6.45) is 3.22. The number of ether oxygens (including phenoxy) is 2. The second kappa shape index (κ2) is 9.03. The van der Waals surface area contributed by atoms with Crippen molar-refractivity contribution in [3.8, 4) is 11.5 Å². The largest absolute Gasteiger partial charge is 0.493 e. The lowest BCUT2D eigenvalue weighted by molar-refractivity contribution is -0.116. The van der Waals surface area contributed by atoms with E-state index in [-0.39, 0.29) is 11.5 Å². The number of anilines is 1. The highest BCUT2D eigenvalue weighted by Gasteiger charge is 2.19. The number of fused-ring (bicyclic) bond motifs is 2. The van der Waals surface area contributed by atoms with Gasteiger partial charge in [-0.2, -0.15) is 0 Å². The summed E-state index contributed by atoms with van der Waals surface area (Å²) in [6, 6.07) is 3.31. The fourth-order valence-electron chi connectivity index (χ4n) is 3.61. The number of benzene rings is 1. The summed E-state index contributed by atoms with van der Waals surface area (Å²) < 4.78 is 12.1. The van der Waals surface area contributed by atoms with Gasteiger partial charge in [0.1, 0.15) is 0 Å². The third-order valence-electron chi connectivity index (χ3n) is 5.30. The zero-order chi connectivity index (χ0) is 22.0. The second-order valence-electron chi connectivity index (χ2n) is 7.50. The molecule has 0 saturated heterocycles. The molecular weight excluding hydrogens is 418 g/mol. The van der Waals surface area contributed by atoms with Gasteiger partial charge in [-0.15, -0.1) is 11.3 Å². The summed E-state index contributed by atoms with van der Waals surface area (Å²) in [5, 5.41) is 3.98. The molecule has 1 N–H and O–H groups in total. The topological polar surface area (TPSA) is 98.6 Å². The van der Waals surface area contributed by atoms with Gasteiger partial charge in [-0.1, -0.05) is 0 Å². The van der Waals surface area contributed by atoms with Crippen LogP contribution in [0.5, 0.6) is 11.5 Å². The van der Waals surface area contributed by atoms with E-state index in [0.29, 0.717) is 46.9 Å². The van der Waals surface area contributed by atoms with Crippen molar-refractivity contribution in [2.45, 2.75) is 32.4 Å². The van der Waals surface area contributed by atoms with E-state index in [9.17, 15) is 9.59 Å². The molecule has 0 aliphatic carbocycles. The highest BCUT2D eigenvalue weighted by molar-refractivity contribution is 7.15. The van der Waals surface area contributed by atoms with Crippen molar-refractivity contribution in [3.63, 3.8) is 0 Å². The number of nitrogens with zero attached hydrogens (tertiary/aromatic N) is 4. The number of likely N-dealkylation sites (N-methyl/N-ethyl adjacent to an activating group) is 1. The number of carbonyl (C=O) groups excluding carboxylic acids is 1. The summed E-state index contributed by atoms with van der Waals surface area (Å²) >= 11 is 1.54. The van der Waals surface area contributed by atoms with E-state index >= 15 is 0 Å². The molecule has 0 radical (unpaired) electrons. The molecule has 10 heteroatoms. The zero-order valence-electron chi connectivity index (χ0n) is 17.8. The molecule has 1 amide bonds. The van der Waals surface area contributed by atoms with Gasteiger partial charge in [-0.25, -0.2) is 9.97 Å². The summed E-state index contributed by atoms with van der Waals surface area (Å²) in [4.78, 5) is 37.5. The fraction of sp³-hybridized carbons (Fsp3) is 0.429. The van der Waals surface area contributed by atoms with Gasteiger partial charge in [0.05, 0.1) is 37.1 Å². The minimum Gasteiger partial charge on any atom is -0.493 e. The van der Waals surface area contributed by atoms with Crippen molar-refractivity contribution >= 4 is 33.3 Å². The Balaban J connectivity index is 1.38. The van der Waals surface area contributed by atoms with Crippen LogP contribution >= 0.6 is 11.3 Å². The summed E-state index contributed by atoms with van der Waals surface area (Å²) in [7, 11) is 5.14. The van der Waals surface area contributed by atoms with Crippen LogP contribution < -0.4 is 20.3 Å². The Morgan fingerprint density at radius 3 is 2.81 bits per heavy atom. The van der Waals surface area contributed by atoms with Crippen LogP contribution in [0.15, 0.2) is 23.3 Å². The van der Waals surface area contributed by atoms with Gasteiger partial charge < -0.3 is 19.7 Å². The van der Waals surface area contributed by atoms with Crippen LogP contribution in [0.4, 0.5) is 5.13 Å². The third kappa shape index (κ3) is 4.54. The van der Waals surface area contributed by atoms with E-state index in [1.807, 2.05) is 0 Å². The predicted octanol–water partition coefficient (Wildman–Crippen LogP) is 2.28. The monoisotopic (exact) mass is 443 g/mol. The Morgan fingerprint density at radius 1 is 1.26 bits per heavy atom. The van der Waals surface area contributed by atoms with Crippen molar-refractivity contribution in [2.24, 2.45) is 0 Å². The molecule has 1 aromatic carbocycles. The van der Waals surface area contributed by atoms with Crippen molar-refractivity contribution in [3.05, 3.63) is 39.4 Å². The molecule has 0 atom stereocenters. The first-order valence-corrected chi connectivity index (χ1v) is 10.9. The van der Waals surface area contributed by atoms with E-state index in [1.54, 1.807) is 12.1 Å². The van der Waals surface area contributed by atoms with Gasteiger partial charge in [0, 0.05) is 43.4 Å². The highest BCUT2D eigenvalue weighted by Crippen LogP contribution is 2.30. The molecule has 0 saturated carbocycles. The van der Waals surface area contributed by atoms with Crippen molar-refractivity contribution in [1.82, 2.24) is 19.4 Å². The Morgan fingerprint density at radius 2 is 2.03 bits per heavy atom. The van der Waals surface area contributed by atoms with Gasteiger partial charge in [0.25, 0.3) is 5.56 Å². The quantitative estimate of drug-likeness (QED) is 0.598. The number of hydrogen-bond acceptors (Lipinski definition) is 8. The maximum atomic E-state index is 12.8. The maximum Gasteiger partial charge on any atom is 0.261 e. The van der Waals surface area contributed by atoms with Gasteiger partial charge in [0.2, 0.25) is 5.91 Å². The summed E-state index contributed by atoms with van der Waals surface area (Å²) in [6.45, 7) is 2.25. The minimum absolute atomic E-state index is 0.104. The molecule has 4 rings (SSSR count). The summed E-state index contributed by atoms with van der Waals surface area (Å²) in [5.74, 6) is 0.892. The average Bonchev–Trinajstić information content (AvgIpc) is 3.15. The number of methoxy groups -OCH3 is 2. The molecule has 1 aliphatic rings. The van der Waals surface area contributed by atoms with E-state index in [4.69, 9.17) is 9.47 Å². The van der Waals surface area contributed by atoms with E-state index in [2.05, 4.69) is 27.2 Å². The van der Waals surface area contributed by atoms with Gasteiger partial charge in [-0.3, -0.25) is 14.2 Å². The van der Waals surface area contributed by atoms with Crippen LogP contribution in [-0.4, -0.2) is 53.2 Å². The van der Waals surface area contributed by atoms with Crippen LogP contribution in [0.3, 0.4) is 0 Å². The van der Waals surface area contributed by atoms with Gasteiger partial charge in [-0.05, 0) is 19.5 Å². The van der Waals surface area contributed by atoms with Crippen LogP contribution in [0.25, 0.3) is 10.9 Å². The molecule has 3 aromatic rings. The number of carbonyl (C=O) groups is 1. The van der Waals surface area contributed by atoms with Crippen molar-refractivity contribution in [1.29, 1.82) is 0 Å². The maximum absolute atomic E-state index is 12.8. The standard InChI is InChI=1S/C21H25N5O4S/c1-25-8-6-14-18(11-25)31-21(23-14)24-19(27)5-4-7-26-12-22-15-10-17(30-3)16(29-2)9-13(15)20(26)28/h9-10,12H,4-8,11H2,1-3H3,(H,23,24,27). The molecule has 1 aliphatic heterocycles. The number of nitrogens with one attached hydrogen (secondary N) is 1. The SMILES string of the molecule is COc1cc2ncn(CCCC(=O)Nc3nc4c(s3)CN(C)CC4)c(=O)c2cc1OC. The lowest BCUT2D eigenvalue weighted by Gasteiger charge is -2.20. The lowest BCUT2D eigenvalue weighted by atomic mass is 10.2. The number of thiazole rings is 1. The molecule has 0 bridgehead atoms. The second-order valence-corrected chi connectivity index (χ2v) is 8.58. The Labute approximate surface area is 183 Å². The average molecular weight is 444 g/mol. The molecule has 0 fully saturated rings. The number of rotatable bonds is 7. The van der Waals surface area contributed by atoms with Crippen LogP contribution in [0.1, 0.15) is 23.4 Å². The molecule has 31 heavy (non-hydrogen) atoms. The first kappa shape index (κ1) is 21.3. The van der Waals surface area contributed by atoms with E-state index < -0.39 is 0 Å². The fourth-order valence-corrected chi connectivity index (χ4v) is 4.72. The molecule has 164 valence electrons. The number of aryl methyl sites for hydroxylation is 1. The summed E-state index contributed by atoms with van der Waals surface area (Å²) in [5.41, 5.74) is 1.44. The molecule has 3 heterocycles. The van der Waals surface area contributed by atoms with Crippen molar-refractivity contribution < 1.29 is 14.3 Å². The van der Waals surface area contributed by atoms with Gasteiger partial charge >= 0.3 is 0 Å². The predicted molar refractivity (Wildman–Crippen MR) is 119 cm³/mol. The molecule has 9 nitrogen and oxygen atoms in total. The highest BCUT2D eigenvalue weighted by atomic mass is 32.1. The first-order valence-electron chi connectivity index (χ1n) is 10.1. The first-order chi connectivity index (χ1) is 15.0. The van der Waals surface area contributed by atoms with Crippen LogP contribution in [0, 0.1) is 0 Å². The van der Waals surface area contributed by atoms with Gasteiger partial charge in [0.15, 0.2) is 16.6 Å². The Bertz CT molecular complexity index is 1170. The number of aromatic nitrogens is 3.